The Bertz CT molecular complexity index is 536. The van der Waals surface area contributed by atoms with Crippen molar-refractivity contribution in [2.75, 3.05) is 6.54 Å². The molecule has 19 heavy (non-hydrogen) atoms. The second-order valence-electron chi connectivity index (χ2n) is 3.67. The van der Waals surface area contributed by atoms with Gasteiger partial charge in [-0.2, -0.15) is 8.78 Å². The smallest absolute Gasteiger partial charge is 0.387 e. The monoisotopic (exact) mass is 315 g/mol. The van der Waals surface area contributed by atoms with Gasteiger partial charge in [0.1, 0.15) is 5.75 Å². The van der Waals surface area contributed by atoms with E-state index in [1.165, 1.54) is 6.92 Å². The van der Waals surface area contributed by atoms with E-state index in [9.17, 15) is 17.2 Å². The second kappa shape index (κ2) is 6.47. The lowest BCUT2D eigenvalue weighted by molar-refractivity contribution is -0.0498. The molecule has 1 rings (SSSR count). The Hall–Kier alpha value is -0.960. The van der Waals surface area contributed by atoms with Gasteiger partial charge in [0.15, 0.2) is 0 Å². The van der Waals surface area contributed by atoms with Crippen molar-refractivity contribution in [3.05, 3.63) is 23.2 Å². The number of alkyl halides is 2. The molecule has 0 spiro atoms. The normalized spacial score (nSPS) is 13.6. The number of rotatable bonds is 6. The minimum Gasteiger partial charge on any atom is -0.433 e. The molecule has 9 heteroatoms. The fourth-order valence-corrected chi connectivity index (χ4v) is 2.59. The molecule has 1 atom stereocenters. The predicted molar refractivity (Wildman–Crippen MR) is 65.0 cm³/mol. The lowest BCUT2D eigenvalue weighted by atomic mass is 10.3. The highest BCUT2D eigenvalue weighted by Crippen LogP contribution is 2.28. The second-order valence-corrected chi connectivity index (χ2v) is 5.85. The number of hydrogen-bond donors (Lipinski definition) is 2. The molecular formula is C10H12ClF2NO4S. The lowest BCUT2D eigenvalue weighted by Crippen LogP contribution is -2.30. The van der Waals surface area contributed by atoms with Gasteiger partial charge in [-0.05, 0) is 25.1 Å². The van der Waals surface area contributed by atoms with Crippen molar-refractivity contribution in [3.8, 4) is 5.75 Å². The maximum Gasteiger partial charge on any atom is 0.387 e. The number of ether oxygens (including phenoxy) is 1. The minimum absolute atomic E-state index is 0.171. The number of sulfonamides is 1. The molecule has 2 N–H and O–H groups in total. The Kier molecular flexibility index (Phi) is 5.48. The molecular weight excluding hydrogens is 304 g/mol. The van der Waals surface area contributed by atoms with Crippen molar-refractivity contribution >= 4 is 21.6 Å². The summed E-state index contributed by atoms with van der Waals surface area (Å²) in [5, 5.41) is 8.75. The minimum atomic E-state index is -3.86. The van der Waals surface area contributed by atoms with Crippen LogP contribution in [0.15, 0.2) is 23.1 Å². The van der Waals surface area contributed by atoms with E-state index >= 15 is 0 Å². The third kappa shape index (κ3) is 4.90. The van der Waals surface area contributed by atoms with Crippen LogP contribution in [0.4, 0.5) is 8.78 Å². The molecule has 0 bridgehead atoms. The van der Waals surface area contributed by atoms with Crippen LogP contribution in [0.3, 0.4) is 0 Å². The van der Waals surface area contributed by atoms with Gasteiger partial charge in [-0.15, -0.1) is 0 Å². The van der Waals surface area contributed by atoms with Crippen LogP contribution < -0.4 is 9.46 Å². The Morgan fingerprint density at radius 2 is 2.11 bits per heavy atom. The van der Waals surface area contributed by atoms with Crippen LogP contribution in [0, 0.1) is 0 Å². The van der Waals surface area contributed by atoms with Gasteiger partial charge in [0.05, 0.1) is 16.0 Å². The van der Waals surface area contributed by atoms with Crippen LogP contribution in [0.2, 0.25) is 5.02 Å². The third-order valence-corrected chi connectivity index (χ3v) is 3.72. The summed E-state index contributed by atoms with van der Waals surface area (Å²) >= 11 is 5.64. The largest absolute Gasteiger partial charge is 0.433 e. The number of halogens is 3. The number of hydrogen-bond acceptors (Lipinski definition) is 4. The van der Waals surface area contributed by atoms with E-state index < -0.39 is 22.7 Å². The first-order chi connectivity index (χ1) is 8.72. The quantitative estimate of drug-likeness (QED) is 0.836. The molecule has 0 aliphatic heterocycles. The highest BCUT2D eigenvalue weighted by Gasteiger charge is 2.17. The summed E-state index contributed by atoms with van der Waals surface area (Å²) in [5.41, 5.74) is 0. The average Bonchev–Trinajstić information content (AvgIpc) is 2.28. The molecule has 0 aliphatic carbocycles. The van der Waals surface area contributed by atoms with E-state index in [4.69, 9.17) is 16.7 Å². The van der Waals surface area contributed by atoms with Crippen molar-refractivity contribution in [2.24, 2.45) is 0 Å². The predicted octanol–water partition coefficient (Wildman–Crippen LogP) is 1.60. The third-order valence-electron chi connectivity index (χ3n) is 2.00. The molecule has 108 valence electrons. The van der Waals surface area contributed by atoms with Crippen LogP contribution in [-0.2, 0) is 10.0 Å². The molecule has 0 aliphatic rings. The average molecular weight is 316 g/mol. The zero-order valence-corrected chi connectivity index (χ0v) is 11.4. The highest BCUT2D eigenvalue weighted by atomic mass is 35.5. The molecule has 0 aromatic heterocycles. The molecule has 0 fully saturated rings. The first-order valence-electron chi connectivity index (χ1n) is 5.14. The van der Waals surface area contributed by atoms with Crippen molar-refractivity contribution in [3.63, 3.8) is 0 Å². The molecule has 1 aromatic rings. The Labute approximate surface area is 114 Å². The van der Waals surface area contributed by atoms with Gasteiger partial charge in [-0.3, -0.25) is 0 Å². The van der Waals surface area contributed by atoms with E-state index in [1.807, 2.05) is 0 Å². The van der Waals surface area contributed by atoms with E-state index in [1.54, 1.807) is 0 Å². The molecule has 0 amide bonds. The molecule has 0 saturated carbocycles. The summed E-state index contributed by atoms with van der Waals surface area (Å²) < 4.78 is 53.7. The summed E-state index contributed by atoms with van der Waals surface area (Å²) in [6, 6.07) is 3.10. The first-order valence-corrected chi connectivity index (χ1v) is 7.00. The summed E-state index contributed by atoms with van der Waals surface area (Å²) in [6.45, 7) is -1.81. The maximum absolute atomic E-state index is 12.0. The standard InChI is InChI=1S/C10H12ClF2NO4S/c1-6(15)5-14-19(16,17)7-2-3-9(8(11)4-7)18-10(12)13/h2-4,6,10,14-15H,5H2,1H3/t6-/m0/s1. The van der Waals surface area contributed by atoms with Crippen LogP contribution in [0.5, 0.6) is 5.75 Å². The summed E-state index contributed by atoms with van der Waals surface area (Å²) in [4.78, 5) is -0.209. The van der Waals surface area contributed by atoms with E-state index in [2.05, 4.69) is 9.46 Å². The highest BCUT2D eigenvalue weighted by molar-refractivity contribution is 7.89. The van der Waals surface area contributed by atoms with Crippen LogP contribution in [0.1, 0.15) is 6.92 Å². The van der Waals surface area contributed by atoms with Crippen LogP contribution in [-0.4, -0.2) is 32.8 Å². The molecule has 0 saturated heterocycles. The van der Waals surface area contributed by atoms with Gasteiger partial charge in [-0.25, -0.2) is 13.1 Å². The van der Waals surface area contributed by atoms with E-state index in [0.29, 0.717) is 0 Å². The zero-order valence-electron chi connectivity index (χ0n) is 9.81. The Balaban J connectivity index is 2.94. The number of nitrogens with one attached hydrogen (secondary N) is 1. The number of benzene rings is 1. The number of aliphatic hydroxyl groups is 1. The SMILES string of the molecule is C[C@H](O)CNS(=O)(=O)c1ccc(OC(F)F)c(Cl)c1. The fourth-order valence-electron chi connectivity index (χ4n) is 1.15. The Morgan fingerprint density at radius 1 is 1.47 bits per heavy atom. The van der Waals surface area contributed by atoms with Crippen LogP contribution >= 0.6 is 11.6 Å². The van der Waals surface area contributed by atoms with Gasteiger partial charge in [0, 0.05) is 6.54 Å². The van der Waals surface area contributed by atoms with Crippen molar-refractivity contribution in [1.82, 2.24) is 4.72 Å². The molecule has 5 nitrogen and oxygen atoms in total. The molecule has 0 heterocycles. The maximum atomic E-state index is 12.0. The van der Waals surface area contributed by atoms with Gasteiger partial charge >= 0.3 is 6.61 Å². The Morgan fingerprint density at radius 3 is 2.58 bits per heavy atom. The van der Waals surface area contributed by atoms with Crippen LogP contribution in [0.25, 0.3) is 0 Å². The van der Waals surface area contributed by atoms with E-state index in [-0.39, 0.29) is 22.2 Å². The van der Waals surface area contributed by atoms with Crippen molar-refractivity contribution in [1.29, 1.82) is 0 Å². The summed E-state index contributed by atoms with van der Waals surface area (Å²) in [6.07, 6.45) is -0.855. The van der Waals surface area contributed by atoms with Gasteiger partial charge < -0.3 is 9.84 Å². The van der Waals surface area contributed by atoms with Gasteiger partial charge in [0.2, 0.25) is 10.0 Å². The van der Waals surface area contributed by atoms with E-state index in [0.717, 1.165) is 18.2 Å². The first kappa shape index (κ1) is 16.1. The zero-order chi connectivity index (χ0) is 14.6. The van der Waals surface area contributed by atoms with Gasteiger partial charge in [-0.1, -0.05) is 11.6 Å². The van der Waals surface area contributed by atoms with Gasteiger partial charge in [0.25, 0.3) is 0 Å². The van der Waals surface area contributed by atoms with Crippen molar-refractivity contribution in [2.45, 2.75) is 24.5 Å². The topological polar surface area (TPSA) is 75.6 Å². The molecule has 0 unspecified atom stereocenters. The summed E-state index contributed by atoms with van der Waals surface area (Å²) in [5.74, 6) is -0.314. The lowest BCUT2D eigenvalue weighted by Gasteiger charge is -2.10. The fraction of sp³-hybridized carbons (Fsp3) is 0.400. The molecule has 0 radical (unpaired) electrons. The summed E-state index contributed by atoms with van der Waals surface area (Å²) in [7, 11) is -3.86. The van der Waals surface area contributed by atoms with Crippen molar-refractivity contribution < 1.29 is 27.0 Å². The number of aliphatic hydroxyl groups excluding tert-OH is 1. The molecule has 1 aromatic carbocycles.